The maximum absolute atomic E-state index is 6.12. The molecular weight excluding hydrogens is 260 g/mol. The molecule has 1 saturated heterocycles. The van der Waals surface area contributed by atoms with Crippen molar-refractivity contribution in [3.8, 4) is 16.9 Å². The van der Waals surface area contributed by atoms with Gasteiger partial charge in [0.15, 0.2) is 0 Å². The van der Waals surface area contributed by atoms with E-state index in [1.54, 1.807) is 7.11 Å². The van der Waals surface area contributed by atoms with Crippen LogP contribution < -0.4 is 15.4 Å². The van der Waals surface area contributed by atoms with E-state index in [1.807, 2.05) is 12.1 Å². The molecule has 0 unspecified atom stereocenters. The maximum atomic E-state index is 6.12. The average Bonchev–Trinajstić information content (AvgIpc) is 2.56. The van der Waals surface area contributed by atoms with Crippen molar-refractivity contribution in [1.82, 2.24) is 0 Å². The molecule has 1 aliphatic rings. The standard InChI is InChI=1S/C18H22N2O/c1-21-18-13-17(20-10-6-3-7-11-20)15(12-16(18)19)14-8-4-2-5-9-14/h2,4-5,8-9,12-13H,3,6-7,10-11,19H2,1H3. The van der Waals surface area contributed by atoms with E-state index < -0.39 is 0 Å². The summed E-state index contributed by atoms with van der Waals surface area (Å²) in [5.74, 6) is 0.759. The number of hydrogen-bond donors (Lipinski definition) is 1. The summed E-state index contributed by atoms with van der Waals surface area (Å²) in [6, 6.07) is 14.6. The summed E-state index contributed by atoms with van der Waals surface area (Å²) in [6.45, 7) is 2.21. The first-order chi connectivity index (χ1) is 10.3. The van der Waals surface area contributed by atoms with Crippen LogP contribution in [-0.2, 0) is 0 Å². The van der Waals surface area contributed by atoms with E-state index in [0.29, 0.717) is 5.69 Å². The fourth-order valence-electron chi connectivity index (χ4n) is 3.01. The second-order valence-corrected chi connectivity index (χ2v) is 5.53. The van der Waals surface area contributed by atoms with Crippen LogP contribution in [0.25, 0.3) is 11.1 Å². The summed E-state index contributed by atoms with van der Waals surface area (Å²) in [6.07, 6.45) is 3.82. The Morgan fingerprint density at radius 3 is 2.38 bits per heavy atom. The number of nitrogens with two attached hydrogens (primary N) is 1. The Balaban J connectivity index is 2.10. The van der Waals surface area contributed by atoms with Gasteiger partial charge >= 0.3 is 0 Å². The second-order valence-electron chi connectivity index (χ2n) is 5.53. The van der Waals surface area contributed by atoms with Crippen molar-refractivity contribution in [3.05, 3.63) is 42.5 Å². The van der Waals surface area contributed by atoms with Crippen molar-refractivity contribution in [2.75, 3.05) is 30.8 Å². The molecule has 2 aromatic rings. The summed E-state index contributed by atoms with van der Waals surface area (Å²) in [7, 11) is 1.67. The van der Waals surface area contributed by atoms with Crippen LogP contribution >= 0.6 is 0 Å². The number of anilines is 2. The molecule has 1 heterocycles. The highest BCUT2D eigenvalue weighted by Gasteiger charge is 2.18. The van der Waals surface area contributed by atoms with Gasteiger partial charge in [0.25, 0.3) is 0 Å². The molecule has 0 aromatic heterocycles. The van der Waals surface area contributed by atoms with Crippen molar-refractivity contribution in [2.24, 2.45) is 0 Å². The Hall–Kier alpha value is -2.16. The molecule has 3 nitrogen and oxygen atoms in total. The topological polar surface area (TPSA) is 38.5 Å². The number of ether oxygens (including phenoxy) is 1. The molecule has 0 aliphatic carbocycles. The maximum Gasteiger partial charge on any atom is 0.143 e. The Morgan fingerprint density at radius 2 is 1.71 bits per heavy atom. The Kier molecular flexibility index (Phi) is 4.00. The van der Waals surface area contributed by atoms with E-state index in [4.69, 9.17) is 10.5 Å². The van der Waals surface area contributed by atoms with Crippen LogP contribution in [0.15, 0.2) is 42.5 Å². The quantitative estimate of drug-likeness (QED) is 0.867. The third-order valence-electron chi connectivity index (χ3n) is 4.13. The van der Waals surface area contributed by atoms with Gasteiger partial charge < -0.3 is 15.4 Å². The highest BCUT2D eigenvalue weighted by molar-refractivity contribution is 5.84. The van der Waals surface area contributed by atoms with Gasteiger partial charge in [-0.25, -0.2) is 0 Å². The molecule has 0 amide bonds. The third kappa shape index (κ3) is 2.82. The summed E-state index contributed by atoms with van der Waals surface area (Å²) >= 11 is 0. The van der Waals surface area contributed by atoms with E-state index in [-0.39, 0.29) is 0 Å². The third-order valence-corrected chi connectivity index (χ3v) is 4.13. The molecule has 0 spiro atoms. The van der Waals surface area contributed by atoms with Gasteiger partial charge in [-0.2, -0.15) is 0 Å². The number of rotatable bonds is 3. The Labute approximate surface area is 126 Å². The van der Waals surface area contributed by atoms with Crippen molar-refractivity contribution in [3.63, 3.8) is 0 Å². The number of piperidine rings is 1. The first kappa shape index (κ1) is 13.8. The highest BCUT2D eigenvalue weighted by atomic mass is 16.5. The minimum atomic E-state index is 0.692. The second kappa shape index (κ2) is 6.08. The van der Waals surface area contributed by atoms with E-state index in [0.717, 1.165) is 18.8 Å². The molecule has 3 heteroatoms. The van der Waals surface area contributed by atoms with E-state index in [9.17, 15) is 0 Å². The number of benzene rings is 2. The normalized spacial score (nSPS) is 15.0. The predicted molar refractivity (Wildman–Crippen MR) is 88.9 cm³/mol. The Morgan fingerprint density at radius 1 is 1.00 bits per heavy atom. The van der Waals surface area contributed by atoms with Crippen LogP contribution in [0.1, 0.15) is 19.3 Å². The smallest absolute Gasteiger partial charge is 0.143 e. The monoisotopic (exact) mass is 282 g/mol. The van der Waals surface area contributed by atoms with Gasteiger partial charge in [-0.15, -0.1) is 0 Å². The molecule has 21 heavy (non-hydrogen) atoms. The molecule has 0 radical (unpaired) electrons. The number of nitrogens with zero attached hydrogens (tertiary/aromatic N) is 1. The van der Waals surface area contributed by atoms with Crippen molar-refractivity contribution in [1.29, 1.82) is 0 Å². The Bertz CT molecular complexity index is 604. The molecule has 3 rings (SSSR count). The molecule has 1 fully saturated rings. The van der Waals surface area contributed by atoms with Gasteiger partial charge in [-0.3, -0.25) is 0 Å². The van der Waals surface area contributed by atoms with E-state index in [2.05, 4.69) is 35.2 Å². The van der Waals surface area contributed by atoms with Crippen LogP contribution in [0.2, 0.25) is 0 Å². The molecule has 110 valence electrons. The van der Waals surface area contributed by atoms with Crippen molar-refractivity contribution >= 4 is 11.4 Å². The first-order valence-corrected chi connectivity index (χ1v) is 7.57. The highest BCUT2D eigenvalue weighted by Crippen LogP contribution is 2.38. The zero-order valence-corrected chi connectivity index (χ0v) is 12.5. The molecule has 0 atom stereocenters. The number of hydrogen-bond acceptors (Lipinski definition) is 3. The van der Waals surface area contributed by atoms with Crippen molar-refractivity contribution < 1.29 is 4.74 Å². The van der Waals surface area contributed by atoms with E-state index >= 15 is 0 Å². The van der Waals surface area contributed by atoms with Gasteiger partial charge in [0, 0.05) is 30.4 Å². The summed E-state index contributed by atoms with van der Waals surface area (Å²) < 4.78 is 5.42. The van der Waals surface area contributed by atoms with Crippen molar-refractivity contribution in [2.45, 2.75) is 19.3 Å². The zero-order valence-electron chi connectivity index (χ0n) is 12.5. The first-order valence-electron chi connectivity index (χ1n) is 7.57. The van der Waals surface area contributed by atoms with Gasteiger partial charge in [0.05, 0.1) is 12.8 Å². The van der Waals surface area contributed by atoms with Crippen LogP contribution in [0, 0.1) is 0 Å². The van der Waals surface area contributed by atoms with Gasteiger partial charge in [-0.05, 0) is 30.9 Å². The number of methoxy groups -OCH3 is 1. The summed E-state index contributed by atoms with van der Waals surface area (Å²) in [5.41, 5.74) is 10.4. The summed E-state index contributed by atoms with van der Waals surface area (Å²) in [5, 5.41) is 0. The SMILES string of the molecule is COc1cc(N2CCCCC2)c(-c2ccccc2)cc1N. The number of nitrogen functional groups attached to an aromatic ring is 1. The van der Waals surface area contributed by atoms with E-state index in [1.165, 1.54) is 36.1 Å². The zero-order chi connectivity index (χ0) is 14.7. The molecule has 0 saturated carbocycles. The van der Waals surface area contributed by atoms with Gasteiger partial charge in [-0.1, -0.05) is 30.3 Å². The molecule has 1 aliphatic heterocycles. The largest absolute Gasteiger partial charge is 0.495 e. The fraction of sp³-hybridized carbons (Fsp3) is 0.333. The predicted octanol–water partition coefficient (Wildman–Crippen LogP) is 3.93. The lowest BCUT2D eigenvalue weighted by atomic mass is 10.00. The molecule has 0 bridgehead atoms. The van der Waals surface area contributed by atoms with Crippen LogP contribution in [0.5, 0.6) is 5.75 Å². The average molecular weight is 282 g/mol. The fourth-order valence-corrected chi connectivity index (χ4v) is 3.01. The lowest BCUT2D eigenvalue weighted by molar-refractivity contribution is 0.417. The van der Waals surface area contributed by atoms with Crippen LogP contribution in [-0.4, -0.2) is 20.2 Å². The molecular formula is C18H22N2O. The lowest BCUT2D eigenvalue weighted by Gasteiger charge is -2.31. The lowest BCUT2D eigenvalue weighted by Crippen LogP contribution is -2.29. The summed E-state index contributed by atoms with van der Waals surface area (Å²) in [4.78, 5) is 2.45. The van der Waals surface area contributed by atoms with Crippen LogP contribution in [0.4, 0.5) is 11.4 Å². The van der Waals surface area contributed by atoms with Gasteiger partial charge in [0.2, 0.25) is 0 Å². The molecule has 2 N–H and O–H groups in total. The minimum absolute atomic E-state index is 0.692. The van der Waals surface area contributed by atoms with Gasteiger partial charge in [0.1, 0.15) is 5.75 Å². The molecule has 2 aromatic carbocycles. The minimum Gasteiger partial charge on any atom is -0.495 e. The van der Waals surface area contributed by atoms with Crippen LogP contribution in [0.3, 0.4) is 0 Å².